The quantitative estimate of drug-likeness (QED) is 0.113. The molecule has 2 aromatic rings. The highest BCUT2D eigenvalue weighted by Gasteiger charge is 2.24. The van der Waals surface area contributed by atoms with E-state index in [1.54, 1.807) is 33.8 Å². The number of aryl methyl sites for hydroxylation is 1. The molecule has 2 aromatic carbocycles. The van der Waals surface area contributed by atoms with E-state index < -0.39 is 23.5 Å². The summed E-state index contributed by atoms with van der Waals surface area (Å²) in [6.45, 7) is 10.6. The molecular weight excluding hydrogens is 619 g/mol. The first-order valence-electron chi connectivity index (χ1n) is 14.3. The fourth-order valence-electron chi connectivity index (χ4n) is 4.54. The van der Waals surface area contributed by atoms with Crippen LogP contribution in [0.25, 0.3) is 0 Å². The topological polar surface area (TPSA) is 150 Å². The van der Waals surface area contributed by atoms with Crippen molar-refractivity contribution >= 4 is 59.5 Å². The van der Waals surface area contributed by atoms with Crippen LogP contribution < -0.4 is 26.6 Å². The van der Waals surface area contributed by atoms with Crippen LogP contribution in [0.15, 0.2) is 64.9 Å². The normalized spacial score (nSPS) is 14.6. The molecule has 1 atom stereocenters. The highest BCUT2D eigenvalue weighted by molar-refractivity contribution is 6.41. The minimum absolute atomic E-state index is 0.0194. The number of rotatable bonds is 11. The molecule has 0 fully saturated rings. The van der Waals surface area contributed by atoms with Crippen LogP contribution in [0, 0.1) is 0 Å². The zero-order chi connectivity index (χ0) is 33.1. The van der Waals surface area contributed by atoms with Gasteiger partial charge in [0.25, 0.3) is 5.91 Å². The molecule has 0 aromatic heterocycles. The number of benzene rings is 2. The Kier molecular flexibility index (Phi) is 12.6. The molecule has 1 aliphatic carbocycles. The molecule has 45 heavy (non-hydrogen) atoms. The molecule has 1 aliphatic rings. The molecule has 13 heteroatoms. The van der Waals surface area contributed by atoms with Crippen LogP contribution in [0.2, 0.25) is 10.0 Å². The predicted molar refractivity (Wildman–Crippen MR) is 177 cm³/mol. The highest BCUT2D eigenvalue weighted by Crippen LogP contribution is 2.32. The summed E-state index contributed by atoms with van der Waals surface area (Å²) >= 11 is 12.8. The SMILES string of the molecule is C=N/C(=C\C(=C/C)CC(=O)Nc1ccc(Cl)c(C(=O)NCCNC(=O)N[C@@H]2CCc3ccccc32)c1Cl)NC(=O)OC(C)(C)C. The minimum atomic E-state index is -0.714. The Hall–Kier alpha value is -4.35. The summed E-state index contributed by atoms with van der Waals surface area (Å²) in [5.74, 6) is -0.916. The summed E-state index contributed by atoms with van der Waals surface area (Å²) in [6.07, 6.45) is 4.08. The van der Waals surface area contributed by atoms with Gasteiger partial charge in [-0.3, -0.25) is 14.9 Å². The zero-order valence-corrected chi connectivity index (χ0v) is 27.2. The van der Waals surface area contributed by atoms with Gasteiger partial charge in [0.2, 0.25) is 5.91 Å². The summed E-state index contributed by atoms with van der Waals surface area (Å²) in [4.78, 5) is 54.1. The van der Waals surface area contributed by atoms with Gasteiger partial charge in [-0.05, 0) is 82.2 Å². The Balaban J connectivity index is 1.53. The molecule has 0 spiro atoms. The van der Waals surface area contributed by atoms with E-state index in [-0.39, 0.29) is 58.7 Å². The lowest BCUT2D eigenvalue weighted by atomic mass is 10.1. The van der Waals surface area contributed by atoms with Gasteiger partial charge >= 0.3 is 12.1 Å². The number of allylic oxidation sites excluding steroid dienone is 2. The number of hydrogen-bond donors (Lipinski definition) is 5. The summed E-state index contributed by atoms with van der Waals surface area (Å²) in [7, 11) is 0. The monoisotopic (exact) mass is 656 g/mol. The minimum Gasteiger partial charge on any atom is -0.444 e. The maximum absolute atomic E-state index is 12.9. The van der Waals surface area contributed by atoms with Gasteiger partial charge in [0.05, 0.1) is 33.8 Å². The van der Waals surface area contributed by atoms with Crippen molar-refractivity contribution in [3.8, 4) is 0 Å². The van der Waals surface area contributed by atoms with E-state index in [9.17, 15) is 19.2 Å². The Labute approximate surface area is 272 Å². The van der Waals surface area contributed by atoms with Crippen LogP contribution in [0.3, 0.4) is 0 Å². The van der Waals surface area contributed by atoms with Gasteiger partial charge in [-0.1, -0.05) is 53.5 Å². The fourth-order valence-corrected chi connectivity index (χ4v) is 5.12. The number of aliphatic imine (C=N–C) groups is 1. The number of hydrogen-bond acceptors (Lipinski definition) is 6. The molecule has 0 heterocycles. The van der Waals surface area contributed by atoms with Crippen LogP contribution in [0.4, 0.5) is 15.3 Å². The van der Waals surface area contributed by atoms with Gasteiger partial charge in [0.1, 0.15) is 11.4 Å². The summed E-state index contributed by atoms with van der Waals surface area (Å²) in [5, 5.41) is 13.6. The van der Waals surface area contributed by atoms with Crippen molar-refractivity contribution in [2.75, 3.05) is 18.4 Å². The van der Waals surface area contributed by atoms with Crippen molar-refractivity contribution in [3.05, 3.63) is 86.7 Å². The maximum atomic E-state index is 12.9. The third-order valence-electron chi connectivity index (χ3n) is 6.58. The van der Waals surface area contributed by atoms with Crippen molar-refractivity contribution in [2.24, 2.45) is 4.99 Å². The molecule has 0 unspecified atom stereocenters. The number of fused-ring (bicyclic) bond motifs is 1. The molecule has 0 aliphatic heterocycles. The number of nitrogens with zero attached hydrogens (tertiary/aromatic N) is 1. The third kappa shape index (κ3) is 10.6. The number of carbonyl (C=O) groups is 4. The van der Waals surface area contributed by atoms with Crippen molar-refractivity contribution < 1.29 is 23.9 Å². The molecule has 3 rings (SSSR count). The number of amides is 5. The number of anilines is 1. The Morgan fingerprint density at radius 3 is 2.47 bits per heavy atom. The van der Waals surface area contributed by atoms with E-state index in [0.717, 1.165) is 18.4 Å². The predicted octanol–water partition coefficient (Wildman–Crippen LogP) is 6.05. The maximum Gasteiger partial charge on any atom is 0.413 e. The lowest BCUT2D eigenvalue weighted by molar-refractivity contribution is -0.115. The first-order valence-corrected chi connectivity index (χ1v) is 15.1. The van der Waals surface area contributed by atoms with Gasteiger partial charge in [0, 0.05) is 13.1 Å². The second-order valence-corrected chi connectivity index (χ2v) is 11.9. The number of halogens is 2. The van der Waals surface area contributed by atoms with Crippen LogP contribution in [-0.4, -0.2) is 49.3 Å². The van der Waals surface area contributed by atoms with Crippen LogP contribution in [0.1, 0.15) is 68.1 Å². The lowest BCUT2D eigenvalue weighted by Gasteiger charge is -2.19. The third-order valence-corrected chi connectivity index (χ3v) is 7.29. The first kappa shape index (κ1) is 35.1. The second kappa shape index (κ2) is 16.1. The van der Waals surface area contributed by atoms with E-state index in [0.29, 0.717) is 5.57 Å². The van der Waals surface area contributed by atoms with E-state index in [4.69, 9.17) is 27.9 Å². The van der Waals surface area contributed by atoms with E-state index in [1.165, 1.54) is 23.8 Å². The highest BCUT2D eigenvalue weighted by atomic mass is 35.5. The van der Waals surface area contributed by atoms with Crippen molar-refractivity contribution in [3.63, 3.8) is 0 Å². The summed E-state index contributed by atoms with van der Waals surface area (Å²) in [6, 6.07) is 10.5. The molecule has 240 valence electrons. The Morgan fingerprint density at radius 2 is 1.78 bits per heavy atom. The molecule has 0 radical (unpaired) electrons. The lowest BCUT2D eigenvalue weighted by Crippen LogP contribution is -2.41. The van der Waals surface area contributed by atoms with Gasteiger partial charge in [-0.15, -0.1) is 0 Å². The Bertz CT molecular complexity index is 1520. The second-order valence-electron chi connectivity index (χ2n) is 11.1. The zero-order valence-electron chi connectivity index (χ0n) is 25.7. The van der Waals surface area contributed by atoms with E-state index >= 15 is 0 Å². The number of carbonyl (C=O) groups excluding carboxylic acids is 4. The Morgan fingerprint density at radius 1 is 1.07 bits per heavy atom. The summed E-state index contributed by atoms with van der Waals surface area (Å²) in [5.41, 5.74) is 2.32. The van der Waals surface area contributed by atoms with Crippen LogP contribution in [-0.2, 0) is 16.0 Å². The standard InChI is InChI=1S/C32H38Cl2N6O5/c1-6-19(17-25(35-5)40-31(44)45-32(2,3)4)18-26(41)38-24-14-12-22(33)27(28(24)34)29(42)36-15-16-37-30(43)39-23-13-11-20-9-7-8-10-21(20)23/h6-10,12,14,17,23H,5,11,13,15-16,18H2,1-4H3,(H,36,42)(H,38,41)(H,40,44)(H2,37,39,43)/b19-6+,25-17+/t23-/m1/s1. The van der Waals surface area contributed by atoms with Crippen molar-refractivity contribution in [1.82, 2.24) is 21.3 Å². The van der Waals surface area contributed by atoms with Crippen LogP contribution in [0.5, 0.6) is 0 Å². The average molecular weight is 658 g/mol. The number of ether oxygens (including phenoxy) is 1. The number of urea groups is 1. The van der Waals surface area contributed by atoms with Gasteiger partial charge in [-0.2, -0.15) is 0 Å². The van der Waals surface area contributed by atoms with E-state index in [1.807, 2.05) is 18.2 Å². The van der Waals surface area contributed by atoms with Gasteiger partial charge in [0.15, 0.2) is 0 Å². The fraction of sp³-hybridized carbons (Fsp3) is 0.344. The van der Waals surface area contributed by atoms with Gasteiger partial charge in [-0.25, -0.2) is 14.6 Å². The smallest absolute Gasteiger partial charge is 0.413 e. The molecule has 0 bridgehead atoms. The summed E-state index contributed by atoms with van der Waals surface area (Å²) < 4.78 is 5.22. The van der Waals surface area contributed by atoms with Crippen molar-refractivity contribution in [2.45, 2.75) is 58.6 Å². The van der Waals surface area contributed by atoms with Crippen LogP contribution >= 0.6 is 23.2 Å². The molecule has 0 saturated heterocycles. The van der Waals surface area contributed by atoms with Crippen molar-refractivity contribution in [1.29, 1.82) is 0 Å². The van der Waals surface area contributed by atoms with Gasteiger partial charge < -0.3 is 26.0 Å². The van der Waals surface area contributed by atoms with E-state index in [2.05, 4.69) is 44.4 Å². The first-order chi connectivity index (χ1) is 21.3. The average Bonchev–Trinajstić information content (AvgIpc) is 3.37. The molecule has 5 N–H and O–H groups in total. The number of nitrogens with one attached hydrogen (secondary N) is 5. The molecule has 5 amide bonds. The largest absolute Gasteiger partial charge is 0.444 e. The molecule has 11 nitrogen and oxygen atoms in total. The number of alkyl carbamates (subject to hydrolysis) is 1. The molecular formula is C32H38Cl2N6O5. The molecule has 0 saturated carbocycles.